The Balaban J connectivity index is 1.09. The van der Waals surface area contributed by atoms with Gasteiger partial charge in [0.1, 0.15) is 11.6 Å². The fourth-order valence-corrected chi connectivity index (χ4v) is 5.19. The van der Waals surface area contributed by atoms with Gasteiger partial charge in [-0.3, -0.25) is 19.6 Å². The highest BCUT2D eigenvalue weighted by Gasteiger charge is 2.30. The van der Waals surface area contributed by atoms with Gasteiger partial charge in [0, 0.05) is 64.0 Å². The van der Waals surface area contributed by atoms with Gasteiger partial charge in [-0.15, -0.1) is 0 Å². The van der Waals surface area contributed by atoms with Crippen molar-refractivity contribution in [1.82, 2.24) is 24.7 Å². The molecule has 1 aromatic heterocycles. The molecule has 34 heavy (non-hydrogen) atoms. The lowest BCUT2D eigenvalue weighted by atomic mass is 9.91. The Kier molecular flexibility index (Phi) is 6.97. The number of nitrogens with zero attached hydrogens (tertiary/aromatic N) is 6. The number of amides is 1. The van der Waals surface area contributed by atoms with Crippen LogP contribution in [0.3, 0.4) is 0 Å². The lowest BCUT2D eigenvalue weighted by Gasteiger charge is -2.43. The highest BCUT2D eigenvalue weighted by Crippen LogP contribution is 2.27. The zero-order chi connectivity index (χ0) is 23.5. The first-order valence-corrected chi connectivity index (χ1v) is 12.6. The molecule has 1 aromatic carbocycles. The molecule has 2 aromatic rings. The number of hydrogen-bond acceptors (Lipinski definition) is 7. The molecule has 1 saturated carbocycles. The van der Waals surface area contributed by atoms with Crippen LogP contribution in [0.25, 0.3) is 11.3 Å². The number of anilines is 1. The van der Waals surface area contributed by atoms with Crippen LogP contribution in [0.1, 0.15) is 24.8 Å². The van der Waals surface area contributed by atoms with Crippen molar-refractivity contribution in [3.8, 4) is 17.0 Å². The van der Waals surface area contributed by atoms with Crippen LogP contribution >= 0.6 is 0 Å². The Morgan fingerprint density at radius 2 is 1.76 bits per heavy atom. The molecule has 2 saturated heterocycles. The molecule has 0 radical (unpaired) electrons. The molecule has 8 nitrogen and oxygen atoms in total. The fraction of sp³-hybridized carbons (Fsp3) is 0.577. The summed E-state index contributed by atoms with van der Waals surface area (Å²) in [4.78, 5) is 31.4. The van der Waals surface area contributed by atoms with Gasteiger partial charge in [-0.05, 0) is 43.5 Å². The zero-order valence-electron chi connectivity index (χ0n) is 20.4. The first-order chi connectivity index (χ1) is 16.6. The lowest BCUT2D eigenvalue weighted by molar-refractivity contribution is -0.134. The van der Waals surface area contributed by atoms with Crippen molar-refractivity contribution in [2.75, 3.05) is 70.9 Å². The smallest absolute Gasteiger partial charge is 0.236 e. The van der Waals surface area contributed by atoms with Crippen LogP contribution in [0.15, 0.2) is 30.6 Å². The number of hydrogen-bond donors (Lipinski definition) is 0. The summed E-state index contributed by atoms with van der Waals surface area (Å²) in [7, 11) is 1.68. The van der Waals surface area contributed by atoms with Gasteiger partial charge in [0.15, 0.2) is 0 Å². The third-order valence-electron chi connectivity index (χ3n) is 7.66. The summed E-state index contributed by atoms with van der Waals surface area (Å²) in [6, 6.07) is 6.77. The molecule has 0 atom stereocenters. The Hall–Kier alpha value is -2.71. The van der Waals surface area contributed by atoms with E-state index in [9.17, 15) is 4.79 Å². The maximum atomic E-state index is 12.8. The highest BCUT2D eigenvalue weighted by atomic mass is 16.5. The number of methoxy groups -OCH3 is 1. The number of carbonyl (C=O) groups is 1. The average Bonchev–Trinajstić information content (AvgIpc) is 2.84. The van der Waals surface area contributed by atoms with E-state index in [-0.39, 0.29) is 5.91 Å². The van der Waals surface area contributed by atoms with Crippen LogP contribution in [-0.4, -0.2) is 103 Å². The second-order valence-corrected chi connectivity index (χ2v) is 9.71. The molecule has 0 bridgehead atoms. The SMILES string of the molecule is COc1ccc(-c2cnc(N3CCN(CC(=O)N4CCN(C5CCC5)CC4)CC3)cn2)c(C)c1. The van der Waals surface area contributed by atoms with E-state index in [1.165, 1.54) is 19.3 Å². The third kappa shape index (κ3) is 5.03. The first-order valence-electron chi connectivity index (χ1n) is 12.6. The summed E-state index contributed by atoms with van der Waals surface area (Å²) < 4.78 is 5.30. The molecule has 5 rings (SSSR count). The molecule has 3 aliphatic rings. The van der Waals surface area contributed by atoms with E-state index < -0.39 is 0 Å². The van der Waals surface area contributed by atoms with E-state index in [4.69, 9.17) is 4.74 Å². The largest absolute Gasteiger partial charge is 0.497 e. The van der Waals surface area contributed by atoms with E-state index in [1.54, 1.807) is 7.11 Å². The minimum Gasteiger partial charge on any atom is -0.497 e. The van der Waals surface area contributed by atoms with E-state index in [0.717, 1.165) is 86.8 Å². The maximum absolute atomic E-state index is 12.8. The number of aromatic nitrogens is 2. The first kappa shape index (κ1) is 23.1. The van der Waals surface area contributed by atoms with Gasteiger partial charge in [0.25, 0.3) is 0 Å². The molecule has 0 spiro atoms. The summed E-state index contributed by atoms with van der Waals surface area (Å²) in [6.07, 6.45) is 7.76. The second kappa shape index (κ2) is 10.3. The van der Waals surface area contributed by atoms with Crippen molar-refractivity contribution in [1.29, 1.82) is 0 Å². The van der Waals surface area contributed by atoms with E-state index in [2.05, 4.69) is 36.5 Å². The van der Waals surface area contributed by atoms with Crippen LogP contribution in [0, 0.1) is 6.92 Å². The number of ether oxygens (including phenoxy) is 1. The number of aryl methyl sites for hydroxylation is 1. The van der Waals surface area contributed by atoms with E-state index >= 15 is 0 Å². The summed E-state index contributed by atoms with van der Waals surface area (Å²) in [5.41, 5.74) is 3.05. The Bertz CT molecular complexity index is 977. The molecule has 3 fully saturated rings. The molecular weight excluding hydrogens is 428 g/mol. The molecule has 0 unspecified atom stereocenters. The van der Waals surface area contributed by atoms with Crippen molar-refractivity contribution < 1.29 is 9.53 Å². The van der Waals surface area contributed by atoms with Gasteiger partial charge in [0.05, 0.1) is 31.7 Å². The fourth-order valence-electron chi connectivity index (χ4n) is 5.19. The quantitative estimate of drug-likeness (QED) is 0.650. The van der Waals surface area contributed by atoms with E-state index in [1.807, 2.05) is 30.6 Å². The van der Waals surface area contributed by atoms with Gasteiger partial charge in [0.2, 0.25) is 5.91 Å². The Morgan fingerprint density at radius 3 is 2.35 bits per heavy atom. The molecule has 1 amide bonds. The molecular formula is C26H36N6O2. The molecule has 2 aliphatic heterocycles. The van der Waals surface area contributed by atoms with E-state index in [0.29, 0.717) is 6.54 Å². The third-order valence-corrected chi connectivity index (χ3v) is 7.66. The van der Waals surface area contributed by atoms with Gasteiger partial charge in [-0.25, -0.2) is 4.98 Å². The van der Waals surface area contributed by atoms with Crippen LogP contribution in [0.4, 0.5) is 5.82 Å². The monoisotopic (exact) mass is 464 g/mol. The van der Waals surface area contributed by atoms with Crippen LogP contribution < -0.4 is 9.64 Å². The van der Waals surface area contributed by atoms with Crippen LogP contribution in [0.5, 0.6) is 5.75 Å². The van der Waals surface area contributed by atoms with Crippen molar-refractivity contribution >= 4 is 11.7 Å². The maximum Gasteiger partial charge on any atom is 0.236 e. The number of piperazine rings is 2. The van der Waals surface area contributed by atoms with Crippen molar-refractivity contribution in [2.45, 2.75) is 32.2 Å². The van der Waals surface area contributed by atoms with Crippen LogP contribution in [-0.2, 0) is 4.79 Å². The number of benzene rings is 1. The standard InChI is InChI=1S/C26H36N6O2/c1-20-16-22(34-2)6-7-23(20)24-17-28-25(18-27-24)31-10-8-29(9-11-31)19-26(33)32-14-12-30(13-15-32)21-4-3-5-21/h6-7,16-18,21H,3-5,8-15,19H2,1-2H3. The lowest BCUT2D eigenvalue weighted by Crippen LogP contribution is -2.56. The van der Waals surface area contributed by atoms with Crippen molar-refractivity contribution in [3.05, 3.63) is 36.2 Å². The Labute approximate surface area is 202 Å². The van der Waals surface area contributed by atoms with Gasteiger partial charge < -0.3 is 14.5 Å². The van der Waals surface area contributed by atoms with Gasteiger partial charge in [-0.1, -0.05) is 6.42 Å². The van der Waals surface area contributed by atoms with Crippen LogP contribution in [0.2, 0.25) is 0 Å². The zero-order valence-corrected chi connectivity index (χ0v) is 20.4. The minimum absolute atomic E-state index is 0.278. The molecule has 182 valence electrons. The summed E-state index contributed by atoms with van der Waals surface area (Å²) in [5, 5.41) is 0. The molecule has 3 heterocycles. The van der Waals surface area contributed by atoms with Gasteiger partial charge in [-0.2, -0.15) is 0 Å². The second-order valence-electron chi connectivity index (χ2n) is 9.71. The number of carbonyl (C=O) groups excluding carboxylic acids is 1. The topological polar surface area (TPSA) is 65.0 Å². The highest BCUT2D eigenvalue weighted by molar-refractivity contribution is 5.78. The summed E-state index contributed by atoms with van der Waals surface area (Å²) >= 11 is 0. The minimum atomic E-state index is 0.278. The average molecular weight is 465 g/mol. The Morgan fingerprint density at radius 1 is 1.00 bits per heavy atom. The van der Waals surface area contributed by atoms with Gasteiger partial charge >= 0.3 is 0 Å². The predicted molar refractivity (Wildman–Crippen MR) is 133 cm³/mol. The molecule has 1 aliphatic carbocycles. The number of rotatable bonds is 6. The normalized spacial score (nSPS) is 20.3. The summed E-state index contributed by atoms with van der Waals surface area (Å²) in [6.45, 7) is 9.88. The van der Waals surface area contributed by atoms with Crippen molar-refractivity contribution in [2.24, 2.45) is 0 Å². The predicted octanol–water partition coefficient (Wildman–Crippen LogP) is 2.28. The van der Waals surface area contributed by atoms with Crippen molar-refractivity contribution in [3.63, 3.8) is 0 Å². The summed E-state index contributed by atoms with van der Waals surface area (Å²) in [5.74, 6) is 2.02. The molecule has 8 heteroatoms. The molecule has 0 N–H and O–H groups in total.